The number of hydrogen-bond donors (Lipinski definition) is 3. The Labute approximate surface area is 173 Å². The molecule has 0 heterocycles. The van der Waals surface area contributed by atoms with Crippen molar-refractivity contribution in [3.05, 3.63) is 60.0 Å². The number of nitrogen functional groups attached to an aromatic ring is 1. The van der Waals surface area contributed by atoms with Crippen molar-refractivity contribution in [1.82, 2.24) is 0 Å². The minimum atomic E-state index is 0.372. The summed E-state index contributed by atoms with van der Waals surface area (Å²) in [4.78, 5) is 0. The first-order valence-corrected chi connectivity index (χ1v) is 10.6. The topological polar surface area (TPSA) is 87.3 Å². The van der Waals surface area contributed by atoms with Crippen LogP contribution in [0.25, 0.3) is 0 Å². The molecule has 0 aliphatic carbocycles. The molecule has 1 rings (SSSR count). The monoisotopic (exact) mass is 389 g/mol. The summed E-state index contributed by atoms with van der Waals surface area (Å²) in [5.41, 5.74) is 18.3. The van der Waals surface area contributed by atoms with Gasteiger partial charge in [0.15, 0.2) is 5.88 Å². The lowest BCUT2D eigenvalue weighted by molar-refractivity contribution is 0.420. The molecule has 0 aliphatic rings. The maximum atomic E-state index is 5.86. The molecule has 0 aliphatic heterocycles. The molecule has 0 saturated carbocycles. The molecule has 4 heteroatoms. The summed E-state index contributed by atoms with van der Waals surface area (Å²) in [5.74, 6) is 1.06. The van der Waals surface area contributed by atoms with Crippen molar-refractivity contribution in [3.8, 4) is 5.75 Å². The predicted molar refractivity (Wildman–Crippen MR) is 126 cm³/mol. The van der Waals surface area contributed by atoms with Gasteiger partial charge in [0.2, 0.25) is 0 Å². The van der Waals surface area contributed by atoms with E-state index in [0.717, 1.165) is 6.42 Å². The van der Waals surface area contributed by atoms with Crippen LogP contribution in [-0.4, -0.2) is 7.05 Å². The van der Waals surface area contributed by atoms with E-state index >= 15 is 0 Å². The molecule has 6 N–H and O–H groups in total. The van der Waals surface area contributed by atoms with E-state index in [0.29, 0.717) is 17.3 Å². The lowest BCUT2D eigenvalue weighted by atomic mass is 10.0. The van der Waals surface area contributed by atoms with Crippen LogP contribution in [0.1, 0.15) is 72.6 Å². The van der Waals surface area contributed by atoms with Crippen LogP contribution < -0.4 is 21.9 Å². The van der Waals surface area contributed by atoms with E-state index in [9.17, 15) is 0 Å². The zero-order valence-electron chi connectivity index (χ0n) is 18.7. The van der Waals surface area contributed by atoms with Crippen molar-refractivity contribution in [3.63, 3.8) is 0 Å². The number of allylic oxidation sites excluding steroid dienone is 5. The van der Waals surface area contributed by atoms with Gasteiger partial charge in [0.25, 0.3) is 0 Å². The molecule has 0 fully saturated rings. The summed E-state index contributed by atoms with van der Waals surface area (Å²) in [5, 5.41) is 0. The highest BCUT2D eigenvalue weighted by atomic mass is 16.5. The van der Waals surface area contributed by atoms with Crippen LogP contribution >= 0.6 is 0 Å². The van der Waals surface area contributed by atoms with E-state index in [1.165, 1.54) is 45.6 Å². The third kappa shape index (κ3) is 16.0. The van der Waals surface area contributed by atoms with Crippen LogP contribution in [0.5, 0.6) is 5.75 Å². The average Bonchev–Trinajstić information content (AvgIpc) is 2.74. The summed E-state index contributed by atoms with van der Waals surface area (Å²) < 4.78 is 5.52. The first-order chi connectivity index (χ1) is 13.7. The first-order valence-electron chi connectivity index (χ1n) is 10.6. The van der Waals surface area contributed by atoms with Crippen LogP contribution in [0.4, 0.5) is 5.69 Å². The van der Waals surface area contributed by atoms with Gasteiger partial charge in [-0.15, -0.1) is 0 Å². The normalized spacial score (nSPS) is 10.4. The Balaban J connectivity index is 0. The van der Waals surface area contributed by atoms with Crippen molar-refractivity contribution >= 4 is 5.69 Å². The van der Waals surface area contributed by atoms with Gasteiger partial charge >= 0.3 is 0 Å². The standard InChI is InChI=1S/C21H32N2O.C2H6.CH5N/c1-3-5-10-18(11-6-4-2)12-8-7-9-13-21(23)24-20-16-14-19(22)15-17-20;2*1-2/h7,9,12-17H,3-6,8,10-11,22-23H2,1-2H3;1-2H3;2H2,1H3/b9-7-,21-13+;;. The third-order valence-corrected chi connectivity index (χ3v) is 3.76. The molecule has 28 heavy (non-hydrogen) atoms. The van der Waals surface area contributed by atoms with Crippen molar-refractivity contribution in [2.75, 3.05) is 12.8 Å². The maximum absolute atomic E-state index is 5.86. The Kier molecular flexibility index (Phi) is 21.1. The van der Waals surface area contributed by atoms with Gasteiger partial charge in [0.1, 0.15) is 5.75 Å². The van der Waals surface area contributed by atoms with E-state index in [1.54, 1.807) is 35.9 Å². The Morgan fingerprint density at radius 3 is 2.00 bits per heavy atom. The Bertz CT molecular complexity index is 535. The van der Waals surface area contributed by atoms with E-state index in [2.05, 4.69) is 31.7 Å². The second-order valence-corrected chi connectivity index (χ2v) is 5.97. The minimum Gasteiger partial charge on any atom is -0.442 e. The van der Waals surface area contributed by atoms with Gasteiger partial charge in [0.05, 0.1) is 0 Å². The fraction of sp³-hybridized carbons (Fsp3) is 0.500. The van der Waals surface area contributed by atoms with Gasteiger partial charge in [0, 0.05) is 5.69 Å². The molecule has 0 atom stereocenters. The second kappa shape index (κ2) is 21.1. The summed E-state index contributed by atoms with van der Waals surface area (Å²) in [6, 6.07) is 7.18. The molecule has 0 amide bonds. The fourth-order valence-corrected chi connectivity index (χ4v) is 2.32. The van der Waals surface area contributed by atoms with Gasteiger partial charge in [-0.1, -0.05) is 64.3 Å². The molecule has 0 aromatic heterocycles. The number of benzene rings is 1. The number of anilines is 1. The summed E-state index contributed by atoms with van der Waals surface area (Å²) in [6.07, 6.45) is 16.6. The lowest BCUT2D eigenvalue weighted by Crippen LogP contribution is -2.05. The van der Waals surface area contributed by atoms with E-state index in [1.807, 2.05) is 19.9 Å². The van der Waals surface area contributed by atoms with Crippen LogP contribution in [0.3, 0.4) is 0 Å². The summed E-state index contributed by atoms with van der Waals surface area (Å²) >= 11 is 0. The van der Waals surface area contributed by atoms with E-state index < -0.39 is 0 Å². The molecular formula is C24H43N3O. The van der Waals surface area contributed by atoms with Gasteiger partial charge in [-0.3, -0.25) is 0 Å². The van der Waals surface area contributed by atoms with E-state index in [-0.39, 0.29) is 0 Å². The first kappa shape index (κ1) is 28.0. The largest absolute Gasteiger partial charge is 0.442 e. The van der Waals surface area contributed by atoms with Crippen molar-refractivity contribution in [1.29, 1.82) is 0 Å². The zero-order chi connectivity index (χ0) is 21.6. The highest BCUT2D eigenvalue weighted by Gasteiger charge is 1.96. The molecule has 0 saturated heterocycles. The average molecular weight is 390 g/mol. The van der Waals surface area contributed by atoms with Gasteiger partial charge in [-0.25, -0.2) is 0 Å². The van der Waals surface area contributed by atoms with Crippen LogP contribution in [-0.2, 0) is 0 Å². The van der Waals surface area contributed by atoms with Gasteiger partial charge in [-0.05, 0) is 69.5 Å². The van der Waals surface area contributed by atoms with Crippen molar-refractivity contribution in [2.24, 2.45) is 11.5 Å². The van der Waals surface area contributed by atoms with Crippen LogP contribution in [0, 0.1) is 0 Å². The van der Waals surface area contributed by atoms with Crippen molar-refractivity contribution < 1.29 is 4.74 Å². The highest BCUT2D eigenvalue weighted by molar-refractivity contribution is 5.42. The quantitative estimate of drug-likeness (QED) is 0.179. The lowest BCUT2D eigenvalue weighted by Gasteiger charge is -2.05. The molecular weight excluding hydrogens is 346 g/mol. The fourth-order valence-electron chi connectivity index (χ4n) is 2.32. The second-order valence-electron chi connectivity index (χ2n) is 5.97. The highest BCUT2D eigenvalue weighted by Crippen LogP contribution is 2.16. The zero-order valence-corrected chi connectivity index (χ0v) is 18.7. The maximum Gasteiger partial charge on any atom is 0.190 e. The Morgan fingerprint density at radius 2 is 1.50 bits per heavy atom. The molecule has 0 unspecified atom stereocenters. The van der Waals surface area contributed by atoms with Gasteiger partial charge in [-0.2, -0.15) is 0 Å². The number of ether oxygens (including phenoxy) is 1. The number of hydrogen-bond acceptors (Lipinski definition) is 4. The van der Waals surface area contributed by atoms with Gasteiger partial charge < -0.3 is 21.9 Å². The molecule has 160 valence electrons. The minimum absolute atomic E-state index is 0.372. The summed E-state index contributed by atoms with van der Waals surface area (Å²) in [7, 11) is 1.50. The SMILES string of the molecule is CC.CCCCC(=CC/C=C\C=C(/N)Oc1ccc(N)cc1)CCCC.CN. The Hall–Kier alpha value is -2.20. The van der Waals surface area contributed by atoms with Crippen molar-refractivity contribution in [2.45, 2.75) is 72.6 Å². The van der Waals surface area contributed by atoms with E-state index in [4.69, 9.17) is 16.2 Å². The van der Waals surface area contributed by atoms with Crippen LogP contribution in [0.2, 0.25) is 0 Å². The molecule has 1 aromatic carbocycles. The molecule has 0 radical (unpaired) electrons. The smallest absolute Gasteiger partial charge is 0.190 e. The summed E-state index contributed by atoms with van der Waals surface area (Å²) in [6.45, 7) is 8.48. The Morgan fingerprint density at radius 1 is 0.964 bits per heavy atom. The van der Waals surface area contributed by atoms with Crippen LogP contribution in [0.15, 0.2) is 60.0 Å². The molecule has 1 aromatic rings. The third-order valence-electron chi connectivity index (χ3n) is 3.76. The molecule has 0 bridgehead atoms. The molecule has 0 spiro atoms. The number of unbranched alkanes of at least 4 members (excludes halogenated alkanes) is 2. The predicted octanol–water partition coefficient (Wildman–Crippen LogP) is 6.30. The number of rotatable bonds is 11. The number of nitrogens with two attached hydrogens (primary N) is 3. The molecule has 4 nitrogen and oxygen atoms in total.